The fourth-order valence-corrected chi connectivity index (χ4v) is 1.78. The topological polar surface area (TPSA) is 38.3 Å². The van der Waals surface area contributed by atoms with E-state index in [-0.39, 0.29) is 12.2 Å². The third-order valence-corrected chi connectivity index (χ3v) is 2.79. The number of carbonyl (C=O) groups excluding carboxylic acids is 1. The highest BCUT2D eigenvalue weighted by Crippen LogP contribution is 2.25. The van der Waals surface area contributed by atoms with E-state index in [9.17, 15) is 4.79 Å². The molecule has 0 spiro atoms. The highest BCUT2D eigenvalue weighted by Gasteiger charge is 2.20. The maximum atomic E-state index is 11.2. The highest BCUT2D eigenvalue weighted by atomic mass is 35.5. The maximum Gasteiger partial charge on any atom is 0.407 e. The van der Waals surface area contributed by atoms with Crippen molar-refractivity contribution in [2.24, 2.45) is 5.92 Å². The number of amides is 1. The van der Waals surface area contributed by atoms with Crippen molar-refractivity contribution in [1.82, 2.24) is 5.32 Å². The van der Waals surface area contributed by atoms with Gasteiger partial charge in [-0.1, -0.05) is 6.92 Å². The molecular weight excluding hydrogens is 202 g/mol. The van der Waals surface area contributed by atoms with Crippen LogP contribution in [0, 0.1) is 5.92 Å². The zero-order chi connectivity index (χ0) is 10.4. The second-order valence-corrected chi connectivity index (χ2v) is 4.28. The predicted molar refractivity (Wildman–Crippen MR) is 56.6 cm³/mol. The van der Waals surface area contributed by atoms with Gasteiger partial charge in [0, 0.05) is 12.4 Å². The molecule has 3 nitrogen and oxygen atoms in total. The SMILES string of the molecule is CC1CCC(OC(=O)NCCCl)CC1. The Kier molecular flexibility index (Phi) is 5.09. The molecule has 14 heavy (non-hydrogen) atoms. The first-order chi connectivity index (χ1) is 6.72. The molecule has 0 atom stereocenters. The average Bonchev–Trinajstić information content (AvgIpc) is 2.18. The second-order valence-electron chi connectivity index (χ2n) is 3.90. The quantitative estimate of drug-likeness (QED) is 0.741. The highest BCUT2D eigenvalue weighted by molar-refractivity contribution is 6.18. The van der Waals surface area contributed by atoms with Gasteiger partial charge in [0.2, 0.25) is 0 Å². The van der Waals surface area contributed by atoms with Crippen LogP contribution in [0.25, 0.3) is 0 Å². The number of alkyl halides is 1. The van der Waals surface area contributed by atoms with Gasteiger partial charge in [-0.15, -0.1) is 11.6 Å². The van der Waals surface area contributed by atoms with E-state index in [4.69, 9.17) is 16.3 Å². The van der Waals surface area contributed by atoms with Crippen molar-refractivity contribution >= 4 is 17.7 Å². The zero-order valence-corrected chi connectivity index (χ0v) is 9.35. The summed E-state index contributed by atoms with van der Waals surface area (Å²) in [7, 11) is 0. The molecule has 0 heterocycles. The van der Waals surface area contributed by atoms with Crippen molar-refractivity contribution in [2.45, 2.75) is 38.7 Å². The van der Waals surface area contributed by atoms with E-state index in [2.05, 4.69) is 12.2 Å². The Balaban J connectivity index is 2.14. The van der Waals surface area contributed by atoms with E-state index in [0.29, 0.717) is 12.4 Å². The van der Waals surface area contributed by atoms with Gasteiger partial charge in [0.05, 0.1) is 0 Å². The summed E-state index contributed by atoms with van der Waals surface area (Å²) in [6, 6.07) is 0. The van der Waals surface area contributed by atoms with E-state index < -0.39 is 0 Å². The third-order valence-electron chi connectivity index (χ3n) is 2.60. The molecule has 1 fully saturated rings. The summed E-state index contributed by atoms with van der Waals surface area (Å²) in [6.45, 7) is 2.72. The van der Waals surface area contributed by atoms with Crippen LogP contribution in [0.15, 0.2) is 0 Å². The van der Waals surface area contributed by atoms with Crippen LogP contribution in [0.4, 0.5) is 4.79 Å². The first kappa shape index (κ1) is 11.6. The van der Waals surface area contributed by atoms with E-state index in [1.54, 1.807) is 0 Å². The van der Waals surface area contributed by atoms with Gasteiger partial charge in [-0.2, -0.15) is 0 Å². The van der Waals surface area contributed by atoms with Gasteiger partial charge in [0.1, 0.15) is 6.10 Å². The molecule has 0 radical (unpaired) electrons. The summed E-state index contributed by atoms with van der Waals surface area (Å²) >= 11 is 5.44. The van der Waals surface area contributed by atoms with Gasteiger partial charge in [-0.25, -0.2) is 4.79 Å². The summed E-state index contributed by atoms with van der Waals surface area (Å²) in [5, 5.41) is 2.60. The first-order valence-corrected chi connectivity index (χ1v) is 5.76. The Morgan fingerprint density at radius 3 is 2.64 bits per heavy atom. The van der Waals surface area contributed by atoms with Crippen LogP contribution < -0.4 is 5.32 Å². The van der Waals surface area contributed by atoms with Gasteiger partial charge < -0.3 is 10.1 Å². The lowest BCUT2D eigenvalue weighted by Crippen LogP contribution is -2.32. The number of nitrogens with one attached hydrogen (secondary N) is 1. The molecule has 0 bridgehead atoms. The Bertz CT molecular complexity index is 179. The number of halogens is 1. The standard InChI is InChI=1S/C10H18ClNO2/c1-8-2-4-9(5-3-8)14-10(13)12-7-6-11/h8-9H,2-7H2,1H3,(H,12,13). The maximum absolute atomic E-state index is 11.2. The second kappa shape index (κ2) is 6.12. The van der Waals surface area contributed by atoms with Crippen LogP contribution in [-0.4, -0.2) is 24.6 Å². The number of hydrogen-bond donors (Lipinski definition) is 1. The van der Waals surface area contributed by atoms with Crippen LogP contribution in [-0.2, 0) is 4.74 Å². The summed E-state index contributed by atoms with van der Waals surface area (Å²) in [6.07, 6.45) is 4.10. The number of carbonyl (C=O) groups is 1. The molecule has 0 saturated heterocycles. The van der Waals surface area contributed by atoms with E-state index in [1.165, 1.54) is 0 Å². The van der Waals surface area contributed by atoms with E-state index in [1.807, 2.05) is 0 Å². The van der Waals surface area contributed by atoms with Crippen LogP contribution in [0.2, 0.25) is 0 Å². The smallest absolute Gasteiger partial charge is 0.407 e. The van der Waals surface area contributed by atoms with Gasteiger partial charge in [-0.05, 0) is 31.6 Å². The Morgan fingerprint density at radius 1 is 1.43 bits per heavy atom. The molecule has 0 unspecified atom stereocenters. The van der Waals surface area contributed by atoms with Gasteiger partial charge >= 0.3 is 6.09 Å². The number of ether oxygens (including phenoxy) is 1. The lowest BCUT2D eigenvalue weighted by Gasteiger charge is -2.25. The molecule has 82 valence electrons. The molecule has 1 saturated carbocycles. The van der Waals surface area contributed by atoms with Crippen molar-refractivity contribution in [1.29, 1.82) is 0 Å². The Morgan fingerprint density at radius 2 is 2.07 bits per heavy atom. The van der Waals surface area contributed by atoms with Crippen molar-refractivity contribution in [3.05, 3.63) is 0 Å². The average molecular weight is 220 g/mol. The number of alkyl carbamates (subject to hydrolysis) is 1. The van der Waals surface area contributed by atoms with Crippen LogP contribution in [0.1, 0.15) is 32.6 Å². The van der Waals surface area contributed by atoms with Gasteiger partial charge in [-0.3, -0.25) is 0 Å². The molecule has 1 aliphatic carbocycles. The number of rotatable bonds is 3. The minimum Gasteiger partial charge on any atom is -0.446 e. The van der Waals surface area contributed by atoms with Gasteiger partial charge in [0.25, 0.3) is 0 Å². The molecular formula is C10H18ClNO2. The van der Waals surface area contributed by atoms with Crippen LogP contribution >= 0.6 is 11.6 Å². The Hall–Kier alpha value is -0.440. The van der Waals surface area contributed by atoms with E-state index >= 15 is 0 Å². The minimum atomic E-state index is -0.329. The molecule has 0 aromatic heterocycles. The molecule has 1 aliphatic rings. The van der Waals surface area contributed by atoms with Crippen molar-refractivity contribution in [2.75, 3.05) is 12.4 Å². The molecule has 4 heteroatoms. The largest absolute Gasteiger partial charge is 0.446 e. The molecule has 0 aromatic rings. The van der Waals surface area contributed by atoms with E-state index in [0.717, 1.165) is 31.6 Å². The minimum absolute atomic E-state index is 0.113. The molecule has 0 aromatic carbocycles. The van der Waals surface area contributed by atoms with Crippen molar-refractivity contribution in [3.63, 3.8) is 0 Å². The zero-order valence-electron chi connectivity index (χ0n) is 8.59. The Labute approximate surface area is 90.1 Å². The normalized spacial score (nSPS) is 27.0. The monoisotopic (exact) mass is 219 g/mol. The summed E-state index contributed by atoms with van der Waals surface area (Å²) in [5.74, 6) is 1.21. The summed E-state index contributed by atoms with van der Waals surface area (Å²) < 4.78 is 5.23. The van der Waals surface area contributed by atoms with Crippen molar-refractivity contribution < 1.29 is 9.53 Å². The van der Waals surface area contributed by atoms with Crippen LogP contribution in [0.5, 0.6) is 0 Å². The molecule has 1 N–H and O–H groups in total. The van der Waals surface area contributed by atoms with Gasteiger partial charge in [0.15, 0.2) is 0 Å². The summed E-state index contributed by atoms with van der Waals surface area (Å²) in [4.78, 5) is 11.2. The lowest BCUT2D eigenvalue weighted by molar-refractivity contribution is 0.0667. The van der Waals surface area contributed by atoms with Crippen molar-refractivity contribution in [3.8, 4) is 0 Å². The molecule has 0 aliphatic heterocycles. The number of hydrogen-bond acceptors (Lipinski definition) is 2. The van der Waals surface area contributed by atoms with Crippen LogP contribution in [0.3, 0.4) is 0 Å². The lowest BCUT2D eigenvalue weighted by atomic mass is 9.89. The fraction of sp³-hybridized carbons (Fsp3) is 0.900. The predicted octanol–water partition coefficient (Wildman–Crippen LogP) is 2.53. The molecule has 1 rings (SSSR count). The third kappa shape index (κ3) is 4.18. The molecule has 1 amide bonds. The fourth-order valence-electron chi connectivity index (χ4n) is 1.69. The summed E-state index contributed by atoms with van der Waals surface area (Å²) in [5.41, 5.74) is 0. The first-order valence-electron chi connectivity index (χ1n) is 5.23.